The van der Waals surface area contributed by atoms with Crippen LogP contribution >= 0.6 is 0 Å². The van der Waals surface area contributed by atoms with E-state index in [0.29, 0.717) is 35.7 Å². The van der Waals surface area contributed by atoms with Crippen molar-refractivity contribution in [3.63, 3.8) is 0 Å². The third-order valence-electron chi connectivity index (χ3n) is 4.99. The summed E-state index contributed by atoms with van der Waals surface area (Å²) in [5, 5.41) is 11.0. The molecule has 26 heavy (non-hydrogen) atoms. The van der Waals surface area contributed by atoms with Gasteiger partial charge in [0.15, 0.2) is 5.65 Å². The van der Waals surface area contributed by atoms with E-state index in [-0.39, 0.29) is 12.0 Å². The Bertz CT molecular complexity index is 1080. The molecule has 0 amide bonds. The molecule has 5 rings (SSSR count). The molecule has 3 atom stereocenters. The Balaban J connectivity index is 1.54. The smallest absolute Gasteiger partial charge is 0.243 e. The fourth-order valence-corrected chi connectivity index (χ4v) is 3.60. The molecule has 3 heterocycles. The summed E-state index contributed by atoms with van der Waals surface area (Å²) < 4.78 is 6.02. The summed E-state index contributed by atoms with van der Waals surface area (Å²) in [5.41, 5.74) is 3.24. The molecule has 131 valence electrons. The summed E-state index contributed by atoms with van der Waals surface area (Å²) >= 11 is 0. The summed E-state index contributed by atoms with van der Waals surface area (Å²) in [5.74, 6) is 1.16. The number of benzene rings is 1. The average molecular weight is 348 g/mol. The lowest BCUT2D eigenvalue weighted by Gasteiger charge is -2.12. The zero-order valence-electron chi connectivity index (χ0n) is 14.0. The highest BCUT2D eigenvalue weighted by Gasteiger charge is 2.32. The van der Waals surface area contributed by atoms with Crippen LogP contribution in [0.15, 0.2) is 36.8 Å². The normalized spacial score (nSPS) is 23.1. The van der Waals surface area contributed by atoms with E-state index in [2.05, 4.69) is 31.8 Å². The zero-order chi connectivity index (χ0) is 17.7. The minimum atomic E-state index is -0.430. The van der Waals surface area contributed by atoms with Gasteiger partial charge < -0.3 is 19.8 Å². The molecule has 7 heteroatoms. The van der Waals surface area contributed by atoms with Gasteiger partial charge in [-0.25, -0.2) is 9.97 Å². The molecule has 1 aliphatic carbocycles. The first kappa shape index (κ1) is 15.3. The summed E-state index contributed by atoms with van der Waals surface area (Å²) in [4.78, 5) is 19.7. The van der Waals surface area contributed by atoms with E-state index in [0.717, 1.165) is 16.5 Å². The molecule has 1 radical (unpaired) electrons. The fraction of sp³-hybridized carbons (Fsp3) is 0.263. The van der Waals surface area contributed by atoms with Crippen molar-refractivity contribution in [2.24, 2.45) is 5.92 Å². The van der Waals surface area contributed by atoms with Crippen molar-refractivity contribution in [1.29, 1.82) is 0 Å². The number of imidazole rings is 1. The first-order valence-corrected chi connectivity index (χ1v) is 8.64. The number of ether oxygens (including phenoxy) is 1. The molecular weight excluding hydrogens is 330 g/mol. The van der Waals surface area contributed by atoms with Crippen molar-refractivity contribution < 1.29 is 9.84 Å². The highest BCUT2D eigenvalue weighted by molar-refractivity contribution is 5.95. The molecule has 3 aromatic heterocycles. The minimum Gasteiger partial charge on any atom is -0.473 e. The van der Waals surface area contributed by atoms with Crippen LogP contribution in [-0.4, -0.2) is 42.2 Å². The summed E-state index contributed by atoms with van der Waals surface area (Å²) in [6.07, 6.45) is 4.10. The molecule has 1 fully saturated rings. The van der Waals surface area contributed by atoms with Crippen molar-refractivity contribution in [3.8, 4) is 17.3 Å². The molecule has 0 aliphatic heterocycles. The van der Waals surface area contributed by atoms with E-state index in [4.69, 9.17) is 4.74 Å². The maximum absolute atomic E-state index is 9.89. The molecule has 3 N–H and O–H groups in total. The molecule has 1 saturated carbocycles. The zero-order valence-corrected chi connectivity index (χ0v) is 14.0. The quantitative estimate of drug-likeness (QED) is 0.529. The van der Waals surface area contributed by atoms with E-state index >= 15 is 0 Å². The largest absolute Gasteiger partial charge is 0.473 e. The lowest BCUT2D eigenvalue weighted by atomic mass is 10.1. The van der Waals surface area contributed by atoms with Crippen LogP contribution in [-0.2, 0) is 0 Å². The van der Waals surface area contributed by atoms with Crippen molar-refractivity contribution >= 4 is 22.1 Å². The molecular formula is C19H18N5O2. The van der Waals surface area contributed by atoms with Crippen LogP contribution in [0.1, 0.15) is 12.8 Å². The predicted octanol–water partition coefficient (Wildman–Crippen LogP) is 2.85. The number of nitrogens with one attached hydrogen (secondary N) is 2. The van der Waals surface area contributed by atoms with Crippen LogP contribution in [0.5, 0.6) is 5.88 Å². The Morgan fingerprint density at radius 2 is 2.08 bits per heavy atom. The van der Waals surface area contributed by atoms with Crippen LogP contribution < -0.4 is 4.74 Å². The van der Waals surface area contributed by atoms with E-state index in [1.165, 1.54) is 6.33 Å². The number of H-pyrrole nitrogens is 2. The first-order valence-electron chi connectivity index (χ1n) is 8.64. The van der Waals surface area contributed by atoms with Crippen molar-refractivity contribution in [2.45, 2.75) is 25.0 Å². The molecule has 0 saturated heterocycles. The summed E-state index contributed by atoms with van der Waals surface area (Å²) in [6, 6.07) is 8.06. The van der Waals surface area contributed by atoms with Gasteiger partial charge >= 0.3 is 0 Å². The van der Waals surface area contributed by atoms with E-state index in [1.807, 2.05) is 30.5 Å². The summed E-state index contributed by atoms with van der Waals surface area (Å²) in [6.45, 7) is 3.95. The lowest BCUT2D eigenvalue weighted by Crippen LogP contribution is -2.14. The van der Waals surface area contributed by atoms with Crippen LogP contribution in [0, 0.1) is 12.8 Å². The van der Waals surface area contributed by atoms with E-state index < -0.39 is 6.10 Å². The highest BCUT2D eigenvalue weighted by atomic mass is 16.5. The topological polar surface area (TPSA) is 99.7 Å². The second-order valence-electron chi connectivity index (χ2n) is 6.75. The van der Waals surface area contributed by atoms with Crippen molar-refractivity contribution in [1.82, 2.24) is 24.9 Å². The predicted molar refractivity (Wildman–Crippen MR) is 97.5 cm³/mol. The molecule has 4 aromatic rings. The number of nitrogens with zero attached hydrogens (tertiary/aromatic N) is 3. The van der Waals surface area contributed by atoms with Gasteiger partial charge in [0.25, 0.3) is 0 Å². The Morgan fingerprint density at radius 1 is 1.19 bits per heavy atom. The second kappa shape index (κ2) is 5.81. The molecule has 1 aliphatic rings. The Labute approximate surface area is 149 Å². The minimum absolute atomic E-state index is 0.0131. The third-order valence-corrected chi connectivity index (χ3v) is 4.99. The fourth-order valence-electron chi connectivity index (χ4n) is 3.60. The second-order valence-corrected chi connectivity index (χ2v) is 6.75. The molecule has 0 bridgehead atoms. The molecule has 0 spiro atoms. The number of aliphatic hydroxyl groups excluding tert-OH is 1. The van der Waals surface area contributed by atoms with E-state index in [9.17, 15) is 5.11 Å². The number of rotatable bonds is 3. The maximum atomic E-state index is 9.89. The molecule has 1 aromatic carbocycles. The van der Waals surface area contributed by atoms with Gasteiger partial charge in [0, 0.05) is 29.1 Å². The van der Waals surface area contributed by atoms with Crippen molar-refractivity contribution in [2.75, 3.05) is 0 Å². The van der Waals surface area contributed by atoms with Gasteiger partial charge in [-0.15, -0.1) is 0 Å². The number of fused-ring (bicyclic) bond motifs is 2. The van der Waals surface area contributed by atoms with Crippen LogP contribution in [0.3, 0.4) is 0 Å². The van der Waals surface area contributed by atoms with E-state index in [1.54, 1.807) is 0 Å². The number of para-hydroxylation sites is 1. The van der Waals surface area contributed by atoms with Gasteiger partial charge in [-0.1, -0.05) is 18.2 Å². The highest BCUT2D eigenvalue weighted by Crippen LogP contribution is 2.32. The SMILES string of the molecule is [CH2][C@H]1C[C@@H](Oc2ncnc3nc(-c4c[nH]c5ccccc45)[nH]c23)C[C@@H]1O. The standard InChI is InChI=1S/C19H18N5O2/c1-10-6-11(7-15(10)25)26-19-16-18(21-9-22-19)24-17(23-16)13-8-20-14-5-3-2-4-12(13)14/h2-5,8-11,15,20,25H,1,6-7H2,(H,21,22,23,24)/t10-,11+,15-/m0/s1. The maximum Gasteiger partial charge on any atom is 0.243 e. The van der Waals surface area contributed by atoms with Crippen LogP contribution in [0.25, 0.3) is 33.5 Å². The Kier molecular flexibility index (Phi) is 3.43. The van der Waals surface area contributed by atoms with Crippen LogP contribution in [0.4, 0.5) is 0 Å². The average Bonchev–Trinajstić information content (AvgIpc) is 3.32. The number of aliphatic hydroxyl groups is 1. The third kappa shape index (κ3) is 2.43. The number of hydrogen-bond donors (Lipinski definition) is 3. The molecule has 0 unspecified atom stereocenters. The van der Waals surface area contributed by atoms with Crippen LogP contribution in [0.2, 0.25) is 0 Å². The monoisotopic (exact) mass is 348 g/mol. The van der Waals surface area contributed by atoms with Gasteiger partial charge in [0.2, 0.25) is 5.88 Å². The first-order chi connectivity index (χ1) is 12.7. The van der Waals surface area contributed by atoms with Gasteiger partial charge in [0.1, 0.15) is 23.8 Å². The number of aromatic amines is 2. The molecule has 7 nitrogen and oxygen atoms in total. The van der Waals surface area contributed by atoms with Crippen molar-refractivity contribution in [3.05, 3.63) is 43.7 Å². The number of aromatic nitrogens is 5. The van der Waals surface area contributed by atoms with Gasteiger partial charge in [-0.05, 0) is 25.3 Å². The van der Waals surface area contributed by atoms with Gasteiger partial charge in [0.05, 0.1) is 6.10 Å². The summed E-state index contributed by atoms with van der Waals surface area (Å²) in [7, 11) is 0. The van der Waals surface area contributed by atoms with Gasteiger partial charge in [-0.3, -0.25) is 0 Å². The Morgan fingerprint density at radius 3 is 2.92 bits per heavy atom. The Hall–Kier alpha value is -2.93. The van der Waals surface area contributed by atoms with Gasteiger partial charge in [-0.2, -0.15) is 4.98 Å². The number of hydrogen-bond acceptors (Lipinski definition) is 5. The lowest BCUT2D eigenvalue weighted by molar-refractivity contribution is 0.135.